The maximum atomic E-state index is 10.8. The zero-order valence-corrected chi connectivity index (χ0v) is 22.7. The van der Waals surface area contributed by atoms with Crippen LogP contribution in [0.5, 0.6) is 5.75 Å². The fourth-order valence-corrected chi connectivity index (χ4v) is 4.84. The molecule has 1 aliphatic rings. The van der Waals surface area contributed by atoms with Crippen LogP contribution in [0.25, 0.3) is 16.9 Å². The lowest BCUT2D eigenvalue weighted by Crippen LogP contribution is -2.47. The van der Waals surface area contributed by atoms with E-state index in [9.17, 15) is 10.2 Å². The molecule has 5 aromatic rings. The Labute approximate surface area is 237 Å². The summed E-state index contributed by atoms with van der Waals surface area (Å²) in [6.45, 7) is 5.13. The van der Waals surface area contributed by atoms with Crippen molar-refractivity contribution in [3.8, 4) is 11.4 Å². The fourth-order valence-electron chi connectivity index (χ4n) is 4.84. The molecule has 2 aromatic carbocycles. The van der Waals surface area contributed by atoms with Crippen molar-refractivity contribution in [2.24, 2.45) is 0 Å². The number of benzene rings is 2. The molecule has 0 aliphatic carbocycles. The summed E-state index contributed by atoms with van der Waals surface area (Å²) in [6.07, 6.45) is 4.11. The number of aliphatic hydroxyl groups excluding tert-OH is 1. The number of aromatic hydroxyl groups is 1. The minimum atomic E-state index is -1.07. The van der Waals surface area contributed by atoms with Crippen LogP contribution < -0.4 is 15.1 Å². The molecule has 1 saturated heterocycles. The number of rotatable bonds is 9. The minimum absolute atomic E-state index is 0.254. The van der Waals surface area contributed by atoms with E-state index in [-0.39, 0.29) is 5.75 Å². The first-order valence-electron chi connectivity index (χ1n) is 13.6. The summed E-state index contributed by atoms with van der Waals surface area (Å²) in [5.41, 5.74) is 4.17. The lowest BCUT2D eigenvalue weighted by atomic mass is 10.2. The topological polar surface area (TPSA) is 125 Å². The fraction of sp³-hybridized carbons (Fsp3) is 0.267. The smallest absolute Gasteiger partial charge is 0.229 e. The Bertz CT molecular complexity index is 1570. The van der Waals surface area contributed by atoms with E-state index in [2.05, 4.69) is 25.1 Å². The lowest BCUT2D eigenvalue weighted by Gasteiger charge is -2.36. The molecule has 0 radical (unpaired) electrons. The number of fused-ring (bicyclic) bond motifs is 1. The summed E-state index contributed by atoms with van der Waals surface area (Å²) in [5.74, 6) is 1.35. The van der Waals surface area contributed by atoms with Crippen LogP contribution in [0.3, 0.4) is 0 Å². The minimum Gasteiger partial charge on any atom is -0.508 e. The molecule has 0 spiro atoms. The van der Waals surface area contributed by atoms with Crippen molar-refractivity contribution in [1.29, 1.82) is 0 Å². The molecule has 11 heteroatoms. The summed E-state index contributed by atoms with van der Waals surface area (Å²) >= 11 is 0. The van der Waals surface area contributed by atoms with E-state index in [1.165, 1.54) is 0 Å². The second-order valence-electron chi connectivity index (χ2n) is 9.98. The molecule has 210 valence electrons. The first-order valence-corrected chi connectivity index (χ1v) is 13.6. The van der Waals surface area contributed by atoms with Gasteiger partial charge >= 0.3 is 0 Å². The van der Waals surface area contributed by atoms with Gasteiger partial charge in [-0.25, -0.2) is 4.98 Å². The van der Waals surface area contributed by atoms with Crippen LogP contribution in [0, 0.1) is 0 Å². The Balaban J connectivity index is 1.25. The van der Waals surface area contributed by atoms with E-state index in [4.69, 9.17) is 14.7 Å². The first-order chi connectivity index (χ1) is 20.0. The highest BCUT2D eigenvalue weighted by Crippen LogP contribution is 2.27. The van der Waals surface area contributed by atoms with Crippen molar-refractivity contribution >= 4 is 28.6 Å². The van der Waals surface area contributed by atoms with Gasteiger partial charge in [0.1, 0.15) is 12.1 Å². The maximum Gasteiger partial charge on any atom is 0.229 e. The monoisotopic (exact) mass is 552 g/mol. The van der Waals surface area contributed by atoms with Gasteiger partial charge in [0.25, 0.3) is 0 Å². The molecule has 41 heavy (non-hydrogen) atoms. The van der Waals surface area contributed by atoms with E-state index >= 15 is 0 Å². The van der Waals surface area contributed by atoms with Crippen LogP contribution in [0.15, 0.2) is 85.5 Å². The molecular formula is C30H32N8O3. The molecule has 0 saturated carbocycles. The number of nitrogens with one attached hydrogen (secondary N) is 1. The van der Waals surface area contributed by atoms with Crippen molar-refractivity contribution in [2.75, 3.05) is 41.3 Å². The largest absolute Gasteiger partial charge is 0.508 e. The summed E-state index contributed by atoms with van der Waals surface area (Å²) in [6, 6.07) is 20.3. The second-order valence-corrected chi connectivity index (χ2v) is 9.98. The third-order valence-electron chi connectivity index (χ3n) is 7.16. The predicted molar refractivity (Wildman–Crippen MR) is 157 cm³/mol. The third-order valence-corrected chi connectivity index (χ3v) is 7.16. The molecule has 0 bridgehead atoms. The standard InChI is InChI=1S/C30H32N8O3/c1-21(29(40)41-19-22-5-3-2-4-6-22)33-27-26-28(38(20-32-26)24-11-13-31-14-12-24)35-30(34-27)37-17-15-36(16-18-37)23-7-9-25(39)10-8-23/h2-14,20-21,29,39-40H,15-19H2,1H3,(H,33,34,35)/t21-,29-/m0/s1. The maximum absolute atomic E-state index is 10.8. The zero-order chi connectivity index (χ0) is 28.2. The molecule has 11 nitrogen and oxygen atoms in total. The van der Waals surface area contributed by atoms with Crippen LogP contribution in [0.4, 0.5) is 17.5 Å². The number of anilines is 3. The Morgan fingerprint density at radius 1 is 0.878 bits per heavy atom. The highest BCUT2D eigenvalue weighted by molar-refractivity contribution is 5.85. The number of hydrogen-bond acceptors (Lipinski definition) is 10. The number of hydrogen-bond donors (Lipinski definition) is 3. The van der Waals surface area contributed by atoms with Gasteiger partial charge < -0.3 is 30.1 Å². The van der Waals surface area contributed by atoms with Crippen molar-refractivity contribution in [2.45, 2.75) is 25.9 Å². The van der Waals surface area contributed by atoms with Gasteiger partial charge in [-0.3, -0.25) is 9.55 Å². The SMILES string of the molecule is C[C@H](Nc1nc(N2CCN(c3ccc(O)cc3)CC2)nc2c1ncn2-c1ccncc1)[C@@H](O)OCc1ccccc1. The molecule has 2 atom stereocenters. The van der Waals surface area contributed by atoms with Gasteiger partial charge in [-0.15, -0.1) is 0 Å². The van der Waals surface area contributed by atoms with Crippen molar-refractivity contribution in [3.63, 3.8) is 0 Å². The molecule has 3 N–H and O–H groups in total. The predicted octanol–water partition coefficient (Wildman–Crippen LogP) is 3.58. The number of imidazole rings is 1. The normalized spacial score (nSPS) is 15.2. The number of ether oxygens (including phenoxy) is 1. The first kappa shape index (κ1) is 26.5. The number of pyridine rings is 1. The molecular weight excluding hydrogens is 520 g/mol. The molecule has 1 fully saturated rings. The second kappa shape index (κ2) is 11.8. The summed E-state index contributed by atoms with van der Waals surface area (Å²) in [4.78, 5) is 23.0. The van der Waals surface area contributed by atoms with Gasteiger partial charge in [-0.05, 0) is 48.9 Å². The molecule has 3 aromatic heterocycles. The van der Waals surface area contributed by atoms with Gasteiger partial charge in [0.05, 0.1) is 18.3 Å². The van der Waals surface area contributed by atoms with E-state index in [0.717, 1.165) is 30.0 Å². The van der Waals surface area contributed by atoms with E-state index < -0.39 is 12.3 Å². The quantitative estimate of drug-likeness (QED) is 0.234. The Morgan fingerprint density at radius 2 is 1.59 bits per heavy atom. The van der Waals surface area contributed by atoms with E-state index in [1.54, 1.807) is 30.9 Å². The summed E-state index contributed by atoms with van der Waals surface area (Å²) < 4.78 is 7.65. The van der Waals surface area contributed by atoms with Gasteiger partial charge in [0, 0.05) is 44.3 Å². The highest BCUT2D eigenvalue weighted by Gasteiger charge is 2.24. The molecule has 1 aliphatic heterocycles. The third kappa shape index (κ3) is 5.91. The van der Waals surface area contributed by atoms with Crippen molar-refractivity contribution in [3.05, 3.63) is 91.0 Å². The van der Waals surface area contributed by atoms with Gasteiger partial charge in [0.15, 0.2) is 23.3 Å². The number of piperazine rings is 1. The Hall–Kier alpha value is -4.74. The molecule has 6 rings (SSSR count). The zero-order valence-electron chi connectivity index (χ0n) is 22.7. The van der Waals surface area contributed by atoms with Crippen LogP contribution in [0.1, 0.15) is 12.5 Å². The number of aromatic nitrogens is 5. The van der Waals surface area contributed by atoms with Crippen LogP contribution in [-0.4, -0.2) is 73.2 Å². The molecule has 0 amide bonds. The number of aliphatic hydroxyl groups is 1. The van der Waals surface area contributed by atoms with Crippen molar-refractivity contribution in [1.82, 2.24) is 24.5 Å². The van der Waals surface area contributed by atoms with Crippen LogP contribution in [-0.2, 0) is 11.3 Å². The molecule has 0 unspecified atom stereocenters. The van der Waals surface area contributed by atoms with Gasteiger partial charge in [-0.2, -0.15) is 9.97 Å². The molecule has 4 heterocycles. The summed E-state index contributed by atoms with van der Waals surface area (Å²) in [5, 5.41) is 23.7. The number of phenolic OH excluding ortho intramolecular Hbond substituents is 1. The van der Waals surface area contributed by atoms with Crippen LogP contribution in [0.2, 0.25) is 0 Å². The van der Waals surface area contributed by atoms with Gasteiger partial charge in [0.2, 0.25) is 5.95 Å². The Kier molecular flexibility index (Phi) is 7.61. The average Bonchev–Trinajstić information content (AvgIpc) is 3.46. The average molecular weight is 553 g/mol. The van der Waals surface area contributed by atoms with Crippen LogP contribution >= 0.6 is 0 Å². The van der Waals surface area contributed by atoms with Crippen molar-refractivity contribution < 1.29 is 14.9 Å². The van der Waals surface area contributed by atoms with E-state index in [0.29, 0.717) is 42.6 Å². The Morgan fingerprint density at radius 3 is 2.32 bits per heavy atom. The number of nitrogens with zero attached hydrogens (tertiary/aromatic N) is 7. The van der Waals surface area contributed by atoms with Gasteiger partial charge in [-0.1, -0.05) is 30.3 Å². The van der Waals surface area contributed by atoms with E-state index in [1.807, 2.05) is 66.1 Å². The highest BCUT2D eigenvalue weighted by atomic mass is 16.6. The lowest BCUT2D eigenvalue weighted by molar-refractivity contribution is -0.114. The number of phenols is 1. The summed E-state index contributed by atoms with van der Waals surface area (Å²) in [7, 11) is 0.